The Morgan fingerprint density at radius 2 is 1.53 bits per heavy atom. The Labute approximate surface area is 109 Å². The molecule has 8 heteroatoms. The summed E-state index contributed by atoms with van der Waals surface area (Å²) in [6.07, 6.45) is -4.53. The summed E-state index contributed by atoms with van der Waals surface area (Å²) in [5.74, 6) is -1.83. The van der Waals surface area contributed by atoms with Crippen LogP contribution in [0.15, 0.2) is 0 Å². The number of hydrogen-bond acceptors (Lipinski definition) is 8. The summed E-state index contributed by atoms with van der Waals surface area (Å²) in [5, 5.41) is 9.63. The molecule has 0 unspecified atom stereocenters. The van der Waals surface area contributed by atoms with Gasteiger partial charge in [-0.05, 0) is 0 Å². The molecular weight excluding hydrogens is 260 g/mol. The third-order valence-corrected chi connectivity index (χ3v) is 2.34. The van der Waals surface area contributed by atoms with Crippen molar-refractivity contribution < 1.29 is 38.4 Å². The maximum absolute atomic E-state index is 11.0. The van der Waals surface area contributed by atoms with E-state index in [1.54, 1.807) is 0 Å². The summed E-state index contributed by atoms with van der Waals surface area (Å²) in [6.45, 7) is 3.30. The minimum Gasteiger partial charge on any atom is -0.463 e. The number of aliphatic hydroxyl groups excluding tert-OH is 1. The first kappa shape index (κ1) is 15.4. The number of carbonyl (C=O) groups is 3. The molecule has 19 heavy (non-hydrogen) atoms. The highest BCUT2D eigenvalue weighted by Gasteiger charge is 2.48. The van der Waals surface area contributed by atoms with Gasteiger partial charge in [0.25, 0.3) is 0 Å². The molecule has 1 rings (SSSR count). The highest BCUT2D eigenvalue weighted by Crippen LogP contribution is 2.26. The van der Waals surface area contributed by atoms with E-state index in [9.17, 15) is 19.5 Å². The van der Waals surface area contributed by atoms with E-state index in [0.29, 0.717) is 0 Å². The fraction of sp³-hybridized carbons (Fsp3) is 0.727. The van der Waals surface area contributed by atoms with Crippen LogP contribution in [0.3, 0.4) is 0 Å². The lowest BCUT2D eigenvalue weighted by Crippen LogP contribution is -2.41. The Hall–Kier alpha value is -1.67. The van der Waals surface area contributed by atoms with E-state index in [1.165, 1.54) is 13.8 Å². The molecule has 0 bridgehead atoms. The van der Waals surface area contributed by atoms with E-state index in [1.807, 2.05) is 0 Å². The van der Waals surface area contributed by atoms with Crippen LogP contribution in [-0.2, 0) is 33.3 Å². The van der Waals surface area contributed by atoms with Gasteiger partial charge in [0, 0.05) is 20.8 Å². The molecule has 1 heterocycles. The first-order chi connectivity index (χ1) is 8.81. The molecule has 1 fully saturated rings. The van der Waals surface area contributed by atoms with Crippen molar-refractivity contribution in [1.29, 1.82) is 0 Å². The Balaban J connectivity index is 2.76. The summed E-state index contributed by atoms with van der Waals surface area (Å²) in [7, 11) is 0. The monoisotopic (exact) mass is 276 g/mol. The van der Waals surface area contributed by atoms with Crippen LogP contribution in [0, 0.1) is 0 Å². The predicted molar refractivity (Wildman–Crippen MR) is 58.6 cm³/mol. The zero-order valence-corrected chi connectivity index (χ0v) is 10.8. The van der Waals surface area contributed by atoms with Crippen molar-refractivity contribution in [3.8, 4) is 0 Å². The Morgan fingerprint density at radius 1 is 1.00 bits per heavy atom. The van der Waals surface area contributed by atoms with Gasteiger partial charge in [0.15, 0.2) is 18.5 Å². The maximum Gasteiger partial charge on any atom is 0.303 e. The van der Waals surface area contributed by atoms with Gasteiger partial charge in [0.1, 0.15) is 12.7 Å². The van der Waals surface area contributed by atoms with E-state index >= 15 is 0 Å². The Kier molecular flexibility index (Phi) is 5.25. The fourth-order valence-electron chi connectivity index (χ4n) is 1.69. The maximum atomic E-state index is 11.0. The third kappa shape index (κ3) is 4.49. The lowest BCUT2D eigenvalue weighted by molar-refractivity contribution is -0.174. The number of esters is 3. The average molecular weight is 276 g/mol. The van der Waals surface area contributed by atoms with Gasteiger partial charge in [-0.15, -0.1) is 0 Å². The standard InChI is InChI=1S/C11H16O8/c1-5(12)16-4-8-9(17-6(2)13)10(11(15)19-8)18-7(3)14/h8-11,15H,4H2,1-3H3/t8-,9-,10+,11+/m0/s1. The second-order valence-corrected chi connectivity index (χ2v) is 4.02. The van der Waals surface area contributed by atoms with Crippen molar-refractivity contribution in [3.05, 3.63) is 0 Å². The van der Waals surface area contributed by atoms with Crippen LogP contribution in [0.5, 0.6) is 0 Å². The van der Waals surface area contributed by atoms with Crippen LogP contribution in [0.1, 0.15) is 20.8 Å². The molecule has 0 aromatic heterocycles. The first-order valence-corrected chi connectivity index (χ1v) is 5.62. The van der Waals surface area contributed by atoms with E-state index in [0.717, 1.165) is 6.92 Å². The minimum atomic E-state index is -1.45. The summed E-state index contributed by atoms with van der Waals surface area (Å²) in [5.41, 5.74) is 0. The lowest BCUT2D eigenvalue weighted by Gasteiger charge is -2.21. The van der Waals surface area contributed by atoms with Crippen molar-refractivity contribution in [3.63, 3.8) is 0 Å². The van der Waals surface area contributed by atoms with Crippen molar-refractivity contribution in [1.82, 2.24) is 0 Å². The number of rotatable bonds is 4. The Morgan fingerprint density at radius 3 is 2.00 bits per heavy atom. The molecule has 0 amide bonds. The summed E-state index contributed by atoms with van der Waals surface area (Å²) in [6, 6.07) is 0. The van der Waals surface area contributed by atoms with Gasteiger partial charge < -0.3 is 24.1 Å². The second kappa shape index (κ2) is 6.48. The molecule has 1 aliphatic rings. The van der Waals surface area contributed by atoms with Crippen LogP contribution in [0.25, 0.3) is 0 Å². The molecule has 4 atom stereocenters. The van der Waals surface area contributed by atoms with Gasteiger partial charge in [0.2, 0.25) is 0 Å². The normalized spacial score (nSPS) is 29.7. The molecule has 1 N–H and O–H groups in total. The van der Waals surface area contributed by atoms with Crippen LogP contribution >= 0.6 is 0 Å². The molecule has 108 valence electrons. The Bertz CT molecular complexity index is 366. The number of hydrogen-bond donors (Lipinski definition) is 1. The van der Waals surface area contributed by atoms with Gasteiger partial charge in [-0.2, -0.15) is 0 Å². The van der Waals surface area contributed by atoms with Crippen molar-refractivity contribution in [2.75, 3.05) is 6.61 Å². The predicted octanol–water partition coefficient (Wildman–Crippen LogP) is -0.870. The van der Waals surface area contributed by atoms with Gasteiger partial charge in [-0.25, -0.2) is 0 Å². The molecular formula is C11H16O8. The smallest absolute Gasteiger partial charge is 0.303 e. The van der Waals surface area contributed by atoms with Crippen LogP contribution in [-0.4, -0.2) is 54.2 Å². The molecule has 0 spiro atoms. The van der Waals surface area contributed by atoms with Gasteiger partial charge in [0.05, 0.1) is 0 Å². The van der Waals surface area contributed by atoms with E-state index in [-0.39, 0.29) is 6.61 Å². The number of carbonyl (C=O) groups excluding carboxylic acids is 3. The largest absolute Gasteiger partial charge is 0.463 e. The van der Waals surface area contributed by atoms with E-state index in [4.69, 9.17) is 18.9 Å². The van der Waals surface area contributed by atoms with Gasteiger partial charge in [-0.3, -0.25) is 14.4 Å². The van der Waals surface area contributed by atoms with Gasteiger partial charge >= 0.3 is 17.9 Å². The molecule has 0 radical (unpaired) electrons. The first-order valence-electron chi connectivity index (χ1n) is 5.62. The molecule has 0 aromatic carbocycles. The SMILES string of the molecule is CC(=O)OC[C@@H]1O[C@@H](O)[C@H](OC(C)=O)[C@H]1OC(C)=O. The average Bonchev–Trinajstić information content (AvgIpc) is 2.53. The zero-order chi connectivity index (χ0) is 14.6. The van der Waals surface area contributed by atoms with Crippen LogP contribution in [0.2, 0.25) is 0 Å². The second-order valence-electron chi connectivity index (χ2n) is 4.02. The van der Waals surface area contributed by atoms with Crippen molar-refractivity contribution in [2.24, 2.45) is 0 Å². The highest BCUT2D eigenvalue weighted by molar-refractivity contribution is 5.67. The van der Waals surface area contributed by atoms with Crippen LogP contribution < -0.4 is 0 Å². The van der Waals surface area contributed by atoms with E-state index < -0.39 is 42.5 Å². The number of aliphatic hydroxyl groups is 1. The lowest BCUT2D eigenvalue weighted by atomic mass is 10.1. The summed E-state index contributed by atoms with van der Waals surface area (Å²) < 4.78 is 19.6. The van der Waals surface area contributed by atoms with E-state index in [2.05, 4.69) is 0 Å². The molecule has 8 nitrogen and oxygen atoms in total. The quantitative estimate of drug-likeness (QED) is 0.521. The van der Waals surface area contributed by atoms with Crippen molar-refractivity contribution in [2.45, 2.75) is 45.4 Å². The highest BCUT2D eigenvalue weighted by atomic mass is 16.7. The minimum absolute atomic E-state index is 0.220. The van der Waals surface area contributed by atoms with Gasteiger partial charge in [-0.1, -0.05) is 0 Å². The zero-order valence-electron chi connectivity index (χ0n) is 10.8. The summed E-state index contributed by atoms with van der Waals surface area (Å²) in [4.78, 5) is 32.7. The third-order valence-electron chi connectivity index (χ3n) is 2.34. The van der Waals surface area contributed by atoms with Crippen molar-refractivity contribution >= 4 is 17.9 Å². The molecule has 0 saturated carbocycles. The molecule has 1 aliphatic heterocycles. The topological polar surface area (TPSA) is 108 Å². The number of ether oxygens (including phenoxy) is 4. The summed E-state index contributed by atoms with van der Waals surface area (Å²) >= 11 is 0. The van der Waals surface area contributed by atoms with Crippen LogP contribution in [0.4, 0.5) is 0 Å². The molecule has 0 aliphatic carbocycles. The fourth-order valence-corrected chi connectivity index (χ4v) is 1.69. The molecule has 1 saturated heterocycles. The molecule has 0 aromatic rings.